The van der Waals surface area contributed by atoms with Crippen LogP contribution in [0.2, 0.25) is 0 Å². The lowest BCUT2D eigenvalue weighted by Crippen LogP contribution is -2.14. The maximum Gasteiger partial charge on any atom is 0.341 e. The third kappa shape index (κ3) is 3.51. The van der Waals surface area contributed by atoms with Crippen LogP contribution in [-0.4, -0.2) is 33.2 Å². The molecule has 0 aliphatic rings. The number of hydrogen-bond acceptors (Lipinski definition) is 6. The lowest BCUT2D eigenvalue weighted by molar-refractivity contribution is 0.0601. The Balaban J connectivity index is 2.37. The predicted molar refractivity (Wildman–Crippen MR) is 92.6 cm³/mol. The van der Waals surface area contributed by atoms with Crippen LogP contribution in [0.1, 0.15) is 31.2 Å². The molecule has 6 nitrogen and oxygen atoms in total. The Morgan fingerprint density at radius 1 is 1.00 bits per heavy atom. The van der Waals surface area contributed by atoms with Gasteiger partial charge in [-0.3, -0.25) is 4.79 Å². The van der Waals surface area contributed by atoms with Gasteiger partial charge in [-0.25, -0.2) is 4.79 Å². The number of benzene rings is 1. The van der Waals surface area contributed by atoms with E-state index < -0.39 is 5.97 Å². The summed E-state index contributed by atoms with van der Waals surface area (Å²) in [6, 6.07) is 4.88. The molecule has 128 valence electrons. The first kappa shape index (κ1) is 17.8. The molecule has 0 unspecified atom stereocenters. The molecule has 0 saturated heterocycles. The lowest BCUT2D eigenvalue weighted by atomic mass is 10.1. The highest BCUT2D eigenvalue weighted by atomic mass is 32.1. The highest BCUT2D eigenvalue weighted by Gasteiger charge is 2.22. The average Bonchev–Trinajstić information content (AvgIpc) is 2.87. The maximum atomic E-state index is 12.6. The summed E-state index contributed by atoms with van der Waals surface area (Å²) in [7, 11) is 4.34. The van der Waals surface area contributed by atoms with Gasteiger partial charge in [-0.15, -0.1) is 11.3 Å². The fourth-order valence-corrected chi connectivity index (χ4v) is 3.22. The first-order valence-corrected chi connectivity index (χ1v) is 7.95. The zero-order valence-corrected chi connectivity index (χ0v) is 15.0. The van der Waals surface area contributed by atoms with Gasteiger partial charge in [0.1, 0.15) is 16.5 Å². The molecule has 0 saturated carbocycles. The van der Waals surface area contributed by atoms with Crippen LogP contribution in [0.4, 0.5) is 5.00 Å². The number of anilines is 1. The summed E-state index contributed by atoms with van der Waals surface area (Å²) >= 11 is 1.33. The van der Waals surface area contributed by atoms with E-state index in [-0.39, 0.29) is 5.91 Å². The van der Waals surface area contributed by atoms with Crippen molar-refractivity contribution in [1.82, 2.24) is 0 Å². The number of amides is 1. The molecule has 2 aromatic rings. The van der Waals surface area contributed by atoms with Gasteiger partial charge in [0.15, 0.2) is 0 Å². The topological polar surface area (TPSA) is 73.9 Å². The van der Waals surface area contributed by atoms with E-state index in [1.165, 1.54) is 32.7 Å². The third-order valence-electron chi connectivity index (χ3n) is 3.62. The Morgan fingerprint density at radius 2 is 1.58 bits per heavy atom. The van der Waals surface area contributed by atoms with Gasteiger partial charge in [-0.05, 0) is 31.5 Å². The normalized spacial score (nSPS) is 10.2. The summed E-state index contributed by atoms with van der Waals surface area (Å²) in [5, 5.41) is 3.24. The molecule has 0 fully saturated rings. The van der Waals surface area contributed by atoms with Crippen LogP contribution < -0.4 is 14.8 Å². The number of aryl methyl sites for hydroxylation is 1. The van der Waals surface area contributed by atoms with E-state index >= 15 is 0 Å². The first-order chi connectivity index (χ1) is 11.4. The van der Waals surface area contributed by atoms with Gasteiger partial charge in [0.25, 0.3) is 5.91 Å². The Kier molecular flexibility index (Phi) is 5.46. The number of methoxy groups -OCH3 is 3. The molecule has 0 spiro atoms. The van der Waals surface area contributed by atoms with E-state index in [1.807, 2.05) is 13.8 Å². The van der Waals surface area contributed by atoms with Gasteiger partial charge in [0.2, 0.25) is 0 Å². The largest absolute Gasteiger partial charge is 0.497 e. The van der Waals surface area contributed by atoms with Crippen LogP contribution in [0.25, 0.3) is 0 Å². The van der Waals surface area contributed by atoms with E-state index in [0.29, 0.717) is 27.6 Å². The molecule has 24 heavy (non-hydrogen) atoms. The van der Waals surface area contributed by atoms with E-state index in [0.717, 1.165) is 10.4 Å². The SMILES string of the molecule is COC(=O)c1c(NC(=O)c2cc(OC)cc(OC)c2)sc(C)c1C. The van der Waals surface area contributed by atoms with Crippen LogP contribution in [0, 0.1) is 13.8 Å². The minimum Gasteiger partial charge on any atom is -0.497 e. The summed E-state index contributed by atoms with van der Waals surface area (Å²) in [6.45, 7) is 3.71. The van der Waals surface area contributed by atoms with Gasteiger partial charge >= 0.3 is 5.97 Å². The van der Waals surface area contributed by atoms with Crippen molar-refractivity contribution >= 4 is 28.2 Å². The second kappa shape index (κ2) is 7.35. The number of carbonyl (C=O) groups is 2. The minimum atomic E-state index is -0.477. The van der Waals surface area contributed by atoms with E-state index in [2.05, 4.69) is 5.32 Å². The standard InChI is InChI=1S/C17H19NO5S/c1-9-10(2)24-16(14(9)17(20)23-5)18-15(19)11-6-12(21-3)8-13(7-11)22-4/h6-8H,1-5H3,(H,18,19). The number of rotatable bonds is 5. The Morgan fingerprint density at radius 3 is 2.08 bits per heavy atom. The molecule has 0 aliphatic carbocycles. The summed E-state index contributed by atoms with van der Waals surface area (Å²) < 4.78 is 15.1. The minimum absolute atomic E-state index is 0.362. The Labute approximate surface area is 144 Å². The molecule has 2 rings (SSSR count). The zero-order valence-electron chi connectivity index (χ0n) is 14.2. The molecule has 1 N–H and O–H groups in total. The fourth-order valence-electron chi connectivity index (χ4n) is 2.18. The molecule has 0 bridgehead atoms. The number of esters is 1. The second-order valence-corrected chi connectivity index (χ2v) is 6.26. The monoisotopic (exact) mass is 349 g/mol. The average molecular weight is 349 g/mol. The van der Waals surface area contributed by atoms with Crippen molar-refractivity contribution in [1.29, 1.82) is 0 Å². The molecular weight excluding hydrogens is 330 g/mol. The van der Waals surface area contributed by atoms with Gasteiger partial charge in [-0.1, -0.05) is 0 Å². The second-order valence-electron chi connectivity index (χ2n) is 5.03. The van der Waals surface area contributed by atoms with Crippen molar-refractivity contribution in [3.05, 3.63) is 39.8 Å². The molecule has 1 aromatic carbocycles. The van der Waals surface area contributed by atoms with Crippen LogP contribution in [-0.2, 0) is 4.74 Å². The molecule has 0 atom stereocenters. The van der Waals surface area contributed by atoms with Crippen molar-refractivity contribution < 1.29 is 23.8 Å². The van der Waals surface area contributed by atoms with Crippen molar-refractivity contribution in [2.24, 2.45) is 0 Å². The van der Waals surface area contributed by atoms with Crippen molar-refractivity contribution in [3.63, 3.8) is 0 Å². The molecule has 1 heterocycles. The molecule has 0 radical (unpaired) electrons. The zero-order chi connectivity index (χ0) is 17.9. The van der Waals surface area contributed by atoms with Crippen LogP contribution in [0.15, 0.2) is 18.2 Å². The third-order valence-corrected chi connectivity index (χ3v) is 4.74. The van der Waals surface area contributed by atoms with Crippen molar-refractivity contribution in [3.8, 4) is 11.5 Å². The molecule has 1 aromatic heterocycles. The highest BCUT2D eigenvalue weighted by molar-refractivity contribution is 7.16. The molecule has 1 amide bonds. The first-order valence-electron chi connectivity index (χ1n) is 7.14. The number of ether oxygens (including phenoxy) is 3. The predicted octanol–water partition coefficient (Wildman–Crippen LogP) is 3.42. The summed E-state index contributed by atoms with van der Waals surface area (Å²) in [6.07, 6.45) is 0. The Bertz CT molecular complexity index is 759. The summed E-state index contributed by atoms with van der Waals surface area (Å²) in [4.78, 5) is 25.5. The van der Waals surface area contributed by atoms with E-state index in [4.69, 9.17) is 14.2 Å². The maximum absolute atomic E-state index is 12.6. The van der Waals surface area contributed by atoms with Gasteiger partial charge < -0.3 is 19.5 Å². The number of nitrogens with one attached hydrogen (secondary N) is 1. The summed E-state index contributed by atoms with van der Waals surface area (Å²) in [5.74, 6) is 0.173. The van der Waals surface area contributed by atoms with Crippen molar-refractivity contribution in [2.75, 3.05) is 26.6 Å². The molecule has 7 heteroatoms. The lowest BCUT2D eigenvalue weighted by Gasteiger charge is -2.09. The smallest absolute Gasteiger partial charge is 0.341 e. The summed E-state index contributed by atoms with van der Waals surface area (Å²) in [5.41, 5.74) is 1.54. The quantitative estimate of drug-likeness (QED) is 0.837. The molecular formula is C17H19NO5S. The highest BCUT2D eigenvalue weighted by Crippen LogP contribution is 2.33. The number of hydrogen-bond donors (Lipinski definition) is 1. The number of thiophene rings is 1. The van der Waals surface area contributed by atoms with E-state index in [1.54, 1.807) is 18.2 Å². The molecule has 0 aliphatic heterocycles. The van der Waals surface area contributed by atoms with E-state index in [9.17, 15) is 9.59 Å². The van der Waals surface area contributed by atoms with Crippen molar-refractivity contribution in [2.45, 2.75) is 13.8 Å². The Hall–Kier alpha value is -2.54. The van der Waals surface area contributed by atoms with Crippen LogP contribution in [0.3, 0.4) is 0 Å². The number of carbonyl (C=O) groups excluding carboxylic acids is 2. The van der Waals surface area contributed by atoms with Gasteiger partial charge in [0.05, 0.1) is 26.9 Å². The van der Waals surface area contributed by atoms with Gasteiger partial charge in [-0.2, -0.15) is 0 Å². The fraction of sp³-hybridized carbons (Fsp3) is 0.294. The van der Waals surface area contributed by atoms with Crippen LogP contribution >= 0.6 is 11.3 Å². The van der Waals surface area contributed by atoms with Crippen LogP contribution in [0.5, 0.6) is 11.5 Å². The van der Waals surface area contributed by atoms with Gasteiger partial charge in [0, 0.05) is 16.5 Å².